The summed E-state index contributed by atoms with van der Waals surface area (Å²) < 4.78 is 33.1. The minimum Gasteiger partial charge on any atom is -0.339 e. The molecule has 0 bridgehead atoms. The minimum absolute atomic E-state index is 0.0194. The summed E-state index contributed by atoms with van der Waals surface area (Å²) in [4.78, 5) is 19.3. The van der Waals surface area contributed by atoms with Gasteiger partial charge in [-0.05, 0) is 56.7 Å². The summed E-state index contributed by atoms with van der Waals surface area (Å²) in [7, 11) is -3.82. The maximum absolute atomic E-state index is 13.4. The number of likely N-dealkylation sites (tertiary alicyclic amines) is 1. The lowest BCUT2D eigenvalue weighted by molar-refractivity contribution is -0.140. The fourth-order valence-corrected chi connectivity index (χ4v) is 6.66. The van der Waals surface area contributed by atoms with E-state index in [1.807, 2.05) is 4.90 Å². The molecule has 10 heteroatoms. The SMILES string of the molecule is CCC1CCCCN1C(=O)C1CCN(S(=O)(=O)c2cc(-c3noc(C)n3)ccc2Cl)CC1. The summed E-state index contributed by atoms with van der Waals surface area (Å²) in [6.45, 7) is 5.20. The topological polar surface area (TPSA) is 96.6 Å². The van der Waals surface area contributed by atoms with Gasteiger partial charge in [-0.15, -0.1) is 0 Å². The number of hydrogen-bond acceptors (Lipinski definition) is 6. The monoisotopic (exact) mass is 480 g/mol. The number of piperidine rings is 2. The number of benzene rings is 1. The van der Waals surface area contributed by atoms with Crippen molar-refractivity contribution in [2.45, 2.75) is 63.3 Å². The molecule has 2 aliphatic heterocycles. The molecule has 0 aliphatic carbocycles. The maximum Gasteiger partial charge on any atom is 0.244 e. The molecule has 2 saturated heterocycles. The number of carbonyl (C=O) groups excluding carboxylic acids is 1. The Bertz CT molecular complexity index is 1080. The first-order valence-corrected chi connectivity index (χ1v) is 13.0. The van der Waals surface area contributed by atoms with Crippen LogP contribution in [0.5, 0.6) is 0 Å². The van der Waals surface area contributed by atoms with Crippen LogP contribution < -0.4 is 0 Å². The predicted octanol–water partition coefficient (Wildman–Crippen LogP) is 3.89. The highest BCUT2D eigenvalue weighted by Gasteiger charge is 2.36. The summed E-state index contributed by atoms with van der Waals surface area (Å²) in [5.74, 6) is 0.760. The zero-order chi connectivity index (χ0) is 22.9. The average Bonchev–Trinajstić information content (AvgIpc) is 3.25. The Labute approximate surface area is 194 Å². The van der Waals surface area contributed by atoms with Crippen LogP contribution in [0.1, 0.15) is 51.3 Å². The second-order valence-electron chi connectivity index (χ2n) is 8.55. The molecule has 174 valence electrons. The van der Waals surface area contributed by atoms with E-state index >= 15 is 0 Å². The summed E-state index contributed by atoms with van der Waals surface area (Å²) in [5.41, 5.74) is 0.519. The zero-order valence-corrected chi connectivity index (χ0v) is 20.0. The Kier molecular flexibility index (Phi) is 6.88. The van der Waals surface area contributed by atoms with E-state index in [0.29, 0.717) is 49.3 Å². The van der Waals surface area contributed by atoms with E-state index < -0.39 is 10.0 Å². The van der Waals surface area contributed by atoms with Gasteiger partial charge in [0.15, 0.2) is 0 Å². The number of nitrogens with zero attached hydrogens (tertiary/aromatic N) is 4. The highest BCUT2D eigenvalue weighted by molar-refractivity contribution is 7.89. The van der Waals surface area contributed by atoms with Crippen molar-refractivity contribution < 1.29 is 17.7 Å². The molecule has 1 aromatic carbocycles. The number of aromatic nitrogens is 2. The molecule has 0 saturated carbocycles. The summed E-state index contributed by atoms with van der Waals surface area (Å²) in [6, 6.07) is 5.00. The third kappa shape index (κ3) is 4.56. The molecule has 4 rings (SSSR count). The molecule has 32 heavy (non-hydrogen) atoms. The second kappa shape index (κ2) is 9.49. The molecule has 2 aliphatic rings. The number of carbonyl (C=O) groups is 1. The Morgan fingerprint density at radius 1 is 1.19 bits per heavy atom. The lowest BCUT2D eigenvalue weighted by Crippen LogP contribution is -2.49. The molecule has 0 N–H and O–H groups in total. The van der Waals surface area contributed by atoms with Crippen molar-refractivity contribution in [3.63, 3.8) is 0 Å². The van der Waals surface area contributed by atoms with Gasteiger partial charge in [-0.25, -0.2) is 8.42 Å². The van der Waals surface area contributed by atoms with Gasteiger partial charge in [-0.2, -0.15) is 9.29 Å². The Morgan fingerprint density at radius 3 is 2.59 bits per heavy atom. The quantitative estimate of drug-likeness (QED) is 0.644. The van der Waals surface area contributed by atoms with Crippen molar-refractivity contribution in [1.82, 2.24) is 19.3 Å². The summed E-state index contributed by atoms with van der Waals surface area (Å²) >= 11 is 6.27. The summed E-state index contributed by atoms with van der Waals surface area (Å²) in [5, 5.41) is 4.00. The van der Waals surface area contributed by atoms with E-state index in [1.165, 1.54) is 22.9 Å². The van der Waals surface area contributed by atoms with E-state index in [-0.39, 0.29) is 21.7 Å². The van der Waals surface area contributed by atoms with Gasteiger partial charge in [0.2, 0.25) is 27.6 Å². The summed E-state index contributed by atoms with van der Waals surface area (Å²) in [6.07, 6.45) is 5.28. The van der Waals surface area contributed by atoms with Gasteiger partial charge in [-0.3, -0.25) is 4.79 Å². The van der Waals surface area contributed by atoms with Crippen LogP contribution in [0.2, 0.25) is 5.02 Å². The first-order chi connectivity index (χ1) is 15.3. The number of halogens is 1. The number of rotatable bonds is 5. The van der Waals surface area contributed by atoms with E-state index in [4.69, 9.17) is 16.1 Å². The zero-order valence-electron chi connectivity index (χ0n) is 18.5. The van der Waals surface area contributed by atoms with Crippen LogP contribution in [-0.4, -0.2) is 59.3 Å². The fourth-order valence-electron chi connectivity index (χ4n) is 4.69. The normalized spacial score (nSPS) is 21.1. The average molecular weight is 481 g/mol. The van der Waals surface area contributed by atoms with Gasteiger partial charge >= 0.3 is 0 Å². The van der Waals surface area contributed by atoms with Crippen molar-refractivity contribution in [3.8, 4) is 11.4 Å². The largest absolute Gasteiger partial charge is 0.339 e. The molecule has 0 radical (unpaired) electrons. The minimum atomic E-state index is -3.82. The van der Waals surface area contributed by atoms with E-state index in [9.17, 15) is 13.2 Å². The van der Waals surface area contributed by atoms with E-state index in [1.54, 1.807) is 13.0 Å². The van der Waals surface area contributed by atoms with Gasteiger partial charge < -0.3 is 9.42 Å². The third-order valence-corrected chi connectivity index (χ3v) is 8.90. The second-order valence-corrected chi connectivity index (χ2v) is 10.9. The highest BCUT2D eigenvalue weighted by atomic mass is 35.5. The smallest absolute Gasteiger partial charge is 0.244 e. The standard InChI is InChI=1S/C22H29ClN4O4S/c1-3-18-6-4-5-11-27(18)22(28)16-9-12-26(13-10-16)32(29,30)20-14-17(7-8-19(20)23)21-24-15(2)31-25-21/h7-8,14,16,18H,3-6,9-13H2,1-2H3. The molecule has 1 unspecified atom stereocenters. The van der Waals surface area contributed by atoms with Crippen molar-refractivity contribution in [1.29, 1.82) is 0 Å². The molecule has 1 aromatic heterocycles. The van der Waals surface area contributed by atoms with Gasteiger partial charge in [0.1, 0.15) is 4.90 Å². The third-order valence-electron chi connectivity index (χ3n) is 6.52. The Hall–Kier alpha value is -1.97. The molecule has 1 atom stereocenters. The van der Waals surface area contributed by atoms with E-state index in [0.717, 1.165) is 25.8 Å². The van der Waals surface area contributed by atoms with Crippen LogP contribution in [0, 0.1) is 12.8 Å². The number of sulfonamides is 1. The lowest BCUT2D eigenvalue weighted by Gasteiger charge is -2.39. The van der Waals surface area contributed by atoms with Crippen LogP contribution in [0.4, 0.5) is 0 Å². The molecule has 3 heterocycles. The van der Waals surface area contributed by atoms with Gasteiger partial charge in [0.25, 0.3) is 0 Å². The van der Waals surface area contributed by atoms with Crippen LogP contribution in [0.25, 0.3) is 11.4 Å². The Morgan fingerprint density at radius 2 is 1.94 bits per heavy atom. The molecular formula is C22H29ClN4O4S. The highest BCUT2D eigenvalue weighted by Crippen LogP contribution is 2.32. The van der Waals surface area contributed by atoms with Crippen molar-refractivity contribution >= 4 is 27.5 Å². The molecule has 8 nitrogen and oxygen atoms in total. The number of aryl methyl sites for hydroxylation is 1. The van der Waals surface area contributed by atoms with Crippen molar-refractivity contribution in [3.05, 3.63) is 29.1 Å². The van der Waals surface area contributed by atoms with Crippen LogP contribution in [-0.2, 0) is 14.8 Å². The lowest BCUT2D eigenvalue weighted by atomic mass is 9.92. The molecule has 2 aromatic rings. The number of hydrogen-bond donors (Lipinski definition) is 0. The molecule has 0 spiro atoms. The molecule has 2 fully saturated rings. The maximum atomic E-state index is 13.4. The van der Waals surface area contributed by atoms with Crippen LogP contribution >= 0.6 is 11.6 Å². The van der Waals surface area contributed by atoms with Crippen molar-refractivity contribution in [2.24, 2.45) is 5.92 Å². The van der Waals surface area contributed by atoms with E-state index in [2.05, 4.69) is 17.1 Å². The van der Waals surface area contributed by atoms with Crippen LogP contribution in [0.3, 0.4) is 0 Å². The first kappa shape index (κ1) is 23.2. The number of amides is 1. The Balaban J connectivity index is 1.48. The van der Waals surface area contributed by atoms with Gasteiger partial charge in [0.05, 0.1) is 5.02 Å². The van der Waals surface area contributed by atoms with Crippen LogP contribution in [0.15, 0.2) is 27.6 Å². The molecule has 1 amide bonds. The predicted molar refractivity (Wildman–Crippen MR) is 121 cm³/mol. The van der Waals surface area contributed by atoms with Gasteiger partial charge in [0, 0.05) is 44.1 Å². The molecular weight excluding hydrogens is 452 g/mol. The fraction of sp³-hybridized carbons (Fsp3) is 0.591. The van der Waals surface area contributed by atoms with Gasteiger partial charge in [-0.1, -0.05) is 23.7 Å². The first-order valence-electron chi connectivity index (χ1n) is 11.2. The van der Waals surface area contributed by atoms with Crippen molar-refractivity contribution in [2.75, 3.05) is 19.6 Å².